The molecule has 1 aromatic heterocycles. The van der Waals surface area contributed by atoms with Gasteiger partial charge in [0.25, 0.3) is 0 Å². The van der Waals surface area contributed by atoms with Crippen molar-refractivity contribution in [2.24, 2.45) is 0 Å². The Bertz CT molecular complexity index is 528. The quantitative estimate of drug-likeness (QED) is 0.635. The minimum Gasteiger partial charge on any atom is -0.360 e. The summed E-state index contributed by atoms with van der Waals surface area (Å²) >= 11 is 5.59. The van der Waals surface area contributed by atoms with E-state index in [1.54, 1.807) is 6.20 Å². The zero-order chi connectivity index (χ0) is 11.4. The zero-order valence-electron chi connectivity index (χ0n) is 8.74. The van der Waals surface area contributed by atoms with Gasteiger partial charge >= 0.3 is 0 Å². The summed E-state index contributed by atoms with van der Waals surface area (Å²) in [6.45, 7) is 0. The molecule has 0 unspecified atom stereocenters. The minimum atomic E-state index is 0.635. The Labute approximate surface area is 98.9 Å². The van der Waals surface area contributed by atoms with Crippen LogP contribution in [0.2, 0.25) is 0 Å². The third kappa shape index (κ3) is 2.17. The molecule has 2 aromatic rings. The van der Waals surface area contributed by atoms with Crippen molar-refractivity contribution >= 4 is 34.9 Å². The van der Waals surface area contributed by atoms with Gasteiger partial charge in [-0.25, -0.2) is 0 Å². The first-order chi connectivity index (χ1) is 7.85. The number of rotatable bonds is 4. The number of hydrogen-bond donors (Lipinski definition) is 1. The SMILES string of the molecule is O=Cc1c[nH]c2cc(C=CCCCl)ccc12. The maximum absolute atomic E-state index is 10.7. The Kier molecular flexibility index (Phi) is 3.42. The van der Waals surface area contributed by atoms with Crippen molar-refractivity contribution in [2.75, 3.05) is 5.88 Å². The molecule has 0 saturated heterocycles. The molecule has 16 heavy (non-hydrogen) atoms. The molecule has 1 heterocycles. The summed E-state index contributed by atoms with van der Waals surface area (Å²) < 4.78 is 0. The van der Waals surface area contributed by atoms with Gasteiger partial charge in [-0.1, -0.05) is 24.3 Å². The van der Waals surface area contributed by atoms with Gasteiger partial charge < -0.3 is 4.98 Å². The van der Waals surface area contributed by atoms with E-state index in [2.05, 4.69) is 4.98 Å². The highest BCUT2D eigenvalue weighted by atomic mass is 35.5. The molecule has 0 aliphatic rings. The smallest absolute Gasteiger partial charge is 0.152 e. The zero-order valence-corrected chi connectivity index (χ0v) is 9.50. The van der Waals surface area contributed by atoms with E-state index in [1.807, 2.05) is 30.4 Å². The van der Waals surface area contributed by atoms with Crippen LogP contribution < -0.4 is 0 Å². The van der Waals surface area contributed by atoms with Crippen LogP contribution in [0.4, 0.5) is 0 Å². The van der Waals surface area contributed by atoms with Gasteiger partial charge in [-0.15, -0.1) is 11.6 Å². The summed E-state index contributed by atoms with van der Waals surface area (Å²) in [6, 6.07) is 5.97. The third-order valence-corrected chi connectivity index (χ3v) is 2.67. The van der Waals surface area contributed by atoms with Crippen LogP contribution in [0.3, 0.4) is 0 Å². The second-order valence-electron chi connectivity index (χ2n) is 3.55. The van der Waals surface area contributed by atoms with Crippen molar-refractivity contribution < 1.29 is 4.79 Å². The number of fused-ring (bicyclic) bond motifs is 1. The van der Waals surface area contributed by atoms with Gasteiger partial charge in [-0.3, -0.25) is 4.79 Å². The Hall–Kier alpha value is -1.54. The fourth-order valence-electron chi connectivity index (χ4n) is 1.65. The first-order valence-electron chi connectivity index (χ1n) is 5.14. The molecular weight excluding hydrogens is 222 g/mol. The maximum Gasteiger partial charge on any atom is 0.152 e. The average Bonchev–Trinajstić information content (AvgIpc) is 2.71. The summed E-state index contributed by atoms with van der Waals surface area (Å²) in [5.41, 5.74) is 2.79. The first kappa shape index (κ1) is 11.0. The molecule has 0 amide bonds. The minimum absolute atomic E-state index is 0.635. The molecule has 0 aliphatic carbocycles. The van der Waals surface area contributed by atoms with Gasteiger partial charge in [0.2, 0.25) is 0 Å². The van der Waals surface area contributed by atoms with E-state index in [0.717, 1.165) is 29.2 Å². The molecule has 0 spiro atoms. The molecule has 1 N–H and O–H groups in total. The molecule has 0 atom stereocenters. The van der Waals surface area contributed by atoms with Gasteiger partial charge in [0.15, 0.2) is 6.29 Å². The third-order valence-electron chi connectivity index (χ3n) is 2.45. The number of H-pyrrole nitrogens is 1. The molecule has 1 aromatic carbocycles. The Morgan fingerprint density at radius 2 is 2.25 bits per heavy atom. The van der Waals surface area contributed by atoms with Crippen LogP contribution in [0.25, 0.3) is 17.0 Å². The van der Waals surface area contributed by atoms with Crippen molar-refractivity contribution in [3.05, 3.63) is 41.6 Å². The van der Waals surface area contributed by atoms with Crippen molar-refractivity contribution in [3.63, 3.8) is 0 Å². The Morgan fingerprint density at radius 3 is 3.00 bits per heavy atom. The highest BCUT2D eigenvalue weighted by Crippen LogP contribution is 2.19. The van der Waals surface area contributed by atoms with Crippen LogP contribution in [0.5, 0.6) is 0 Å². The first-order valence-corrected chi connectivity index (χ1v) is 5.67. The summed E-state index contributed by atoms with van der Waals surface area (Å²) in [7, 11) is 0. The fraction of sp³-hybridized carbons (Fsp3) is 0.154. The van der Waals surface area contributed by atoms with Gasteiger partial charge in [-0.05, 0) is 18.1 Å². The molecule has 0 saturated carbocycles. The van der Waals surface area contributed by atoms with Crippen LogP contribution in [0.1, 0.15) is 22.3 Å². The van der Waals surface area contributed by atoms with Gasteiger partial charge in [0.05, 0.1) is 0 Å². The van der Waals surface area contributed by atoms with Gasteiger partial charge in [-0.2, -0.15) is 0 Å². The van der Waals surface area contributed by atoms with Gasteiger partial charge in [0.1, 0.15) is 0 Å². The number of allylic oxidation sites excluding steroid dienone is 1. The van der Waals surface area contributed by atoms with Crippen molar-refractivity contribution in [2.45, 2.75) is 6.42 Å². The van der Waals surface area contributed by atoms with Crippen LogP contribution in [0, 0.1) is 0 Å². The molecule has 2 nitrogen and oxygen atoms in total. The Balaban J connectivity index is 2.34. The van der Waals surface area contributed by atoms with E-state index in [4.69, 9.17) is 11.6 Å². The summed E-state index contributed by atoms with van der Waals surface area (Å²) in [4.78, 5) is 13.8. The van der Waals surface area contributed by atoms with E-state index >= 15 is 0 Å². The number of carbonyl (C=O) groups is 1. The molecule has 0 aliphatic heterocycles. The van der Waals surface area contributed by atoms with Crippen molar-refractivity contribution in [1.82, 2.24) is 4.98 Å². The highest BCUT2D eigenvalue weighted by Gasteiger charge is 2.01. The molecule has 0 fully saturated rings. The van der Waals surface area contributed by atoms with Gasteiger partial charge in [0, 0.05) is 28.5 Å². The largest absolute Gasteiger partial charge is 0.360 e. The number of alkyl halides is 1. The normalized spacial score (nSPS) is 11.3. The standard InChI is InChI=1S/C13H12ClNO/c14-6-2-1-3-10-4-5-12-11(9-16)8-15-13(12)7-10/h1,3-5,7-9,15H,2,6H2. The maximum atomic E-state index is 10.7. The molecular formula is C13H12ClNO. The summed E-state index contributed by atoms with van der Waals surface area (Å²) in [5.74, 6) is 0.635. The number of benzene rings is 1. The lowest BCUT2D eigenvalue weighted by atomic mass is 10.1. The average molecular weight is 234 g/mol. The van der Waals surface area contributed by atoms with Crippen LogP contribution in [-0.4, -0.2) is 17.2 Å². The predicted octanol–water partition coefficient (Wildman–Crippen LogP) is 3.62. The number of aldehydes is 1. The topological polar surface area (TPSA) is 32.9 Å². The van der Waals surface area contributed by atoms with Crippen LogP contribution in [0.15, 0.2) is 30.5 Å². The lowest BCUT2D eigenvalue weighted by Crippen LogP contribution is -1.76. The van der Waals surface area contributed by atoms with E-state index in [-0.39, 0.29) is 0 Å². The lowest BCUT2D eigenvalue weighted by Gasteiger charge is -1.95. The van der Waals surface area contributed by atoms with E-state index in [1.165, 1.54) is 0 Å². The second kappa shape index (κ2) is 4.99. The van der Waals surface area contributed by atoms with Crippen LogP contribution >= 0.6 is 11.6 Å². The Morgan fingerprint density at radius 1 is 1.38 bits per heavy atom. The predicted molar refractivity (Wildman–Crippen MR) is 68.1 cm³/mol. The number of nitrogens with one attached hydrogen (secondary N) is 1. The second-order valence-corrected chi connectivity index (χ2v) is 3.92. The van der Waals surface area contributed by atoms with Crippen molar-refractivity contribution in [1.29, 1.82) is 0 Å². The fourth-order valence-corrected chi connectivity index (χ4v) is 1.78. The number of aromatic nitrogens is 1. The lowest BCUT2D eigenvalue weighted by molar-refractivity contribution is 0.112. The molecule has 3 heteroatoms. The van der Waals surface area contributed by atoms with E-state index < -0.39 is 0 Å². The number of halogens is 1. The molecule has 82 valence electrons. The highest BCUT2D eigenvalue weighted by molar-refractivity contribution is 6.17. The molecule has 0 radical (unpaired) electrons. The summed E-state index contributed by atoms with van der Waals surface area (Å²) in [6.07, 6.45) is 7.52. The summed E-state index contributed by atoms with van der Waals surface area (Å²) in [5, 5.41) is 0.962. The molecule has 0 bridgehead atoms. The van der Waals surface area contributed by atoms with E-state index in [0.29, 0.717) is 11.4 Å². The number of aromatic amines is 1. The van der Waals surface area contributed by atoms with Crippen LogP contribution in [-0.2, 0) is 0 Å². The van der Waals surface area contributed by atoms with E-state index in [9.17, 15) is 4.79 Å². The molecule has 2 rings (SSSR count). The van der Waals surface area contributed by atoms with Crippen molar-refractivity contribution in [3.8, 4) is 0 Å². The number of hydrogen-bond acceptors (Lipinski definition) is 1. The monoisotopic (exact) mass is 233 g/mol. The number of carbonyl (C=O) groups excluding carboxylic acids is 1.